The first-order valence-electron chi connectivity index (χ1n) is 14.5. The second kappa shape index (κ2) is 15.3. The van der Waals surface area contributed by atoms with Crippen LogP contribution in [0.3, 0.4) is 0 Å². The van der Waals surface area contributed by atoms with Gasteiger partial charge in [-0.1, -0.05) is 36.4 Å². The average molecular weight is 630 g/mol. The largest absolute Gasteiger partial charge is 0.324 e. The maximum absolute atomic E-state index is 14.2. The van der Waals surface area contributed by atoms with Crippen LogP contribution in [0.2, 0.25) is 0 Å². The fraction of sp³-hybridized carbons (Fsp3) is 0.212. The number of hydrazone groups is 1. The lowest BCUT2D eigenvalue weighted by Crippen LogP contribution is -2.18. The van der Waals surface area contributed by atoms with E-state index in [9.17, 15) is 17.8 Å². The summed E-state index contributed by atoms with van der Waals surface area (Å²) in [5.41, 5.74) is 3.57. The number of rotatable bonds is 11. The molecule has 12 heteroatoms. The zero-order valence-electron chi connectivity index (χ0n) is 24.5. The number of hydrogen-bond donors (Lipinski definition) is 3. The highest BCUT2D eigenvalue weighted by atomic mass is 32.2. The second-order valence-electron chi connectivity index (χ2n) is 10.4. The third-order valence-corrected chi connectivity index (χ3v) is 7.62. The smallest absolute Gasteiger partial charge is 0.261 e. The van der Waals surface area contributed by atoms with E-state index in [2.05, 4.69) is 21.7 Å². The highest BCUT2D eigenvalue weighted by Gasteiger charge is 2.18. The molecule has 1 unspecified atom stereocenters. The maximum Gasteiger partial charge on any atom is 0.261 e. The highest BCUT2D eigenvalue weighted by molar-refractivity contribution is 7.82. The summed E-state index contributed by atoms with van der Waals surface area (Å²) in [6, 6.07) is 19.7. The van der Waals surface area contributed by atoms with Crippen LogP contribution in [0.25, 0.3) is 0 Å². The molecule has 1 aliphatic heterocycles. The first-order valence-corrected chi connectivity index (χ1v) is 15.9. The third-order valence-electron chi connectivity index (χ3n) is 7.01. The Morgan fingerprint density at radius 2 is 1.78 bits per heavy atom. The van der Waals surface area contributed by atoms with E-state index in [1.54, 1.807) is 30.5 Å². The Balaban J connectivity index is 1.39. The number of allylic oxidation sites excluding steroid dienone is 1. The predicted molar refractivity (Wildman–Crippen MR) is 173 cm³/mol. The SMILES string of the molecule is NS(=O)CCc1cccc(Nc2nccc(C/C(=N\N3C=CCCCC3)c3cccc(NC(=O)c4c(F)cccc4F)c3)n2)c1. The van der Waals surface area contributed by atoms with Crippen molar-refractivity contribution in [3.05, 3.63) is 125 Å². The molecule has 0 aliphatic carbocycles. The number of carbonyl (C=O) groups is 1. The van der Waals surface area contributed by atoms with Gasteiger partial charge in [0.15, 0.2) is 0 Å². The molecule has 0 bridgehead atoms. The van der Waals surface area contributed by atoms with Gasteiger partial charge >= 0.3 is 0 Å². The van der Waals surface area contributed by atoms with Crippen LogP contribution in [0.5, 0.6) is 0 Å². The monoisotopic (exact) mass is 629 g/mol. The Bertz CT molecular complexity index is 1730. The van der Waals surface area contributed by atoms with E-state index in [0.717, 1.165) is 49.2 Å². The van der Waals surface area contributed by atoms with Gasteiger partial charge in [0.2, 0.25) is 5.95 Å². The van der Waals surface area contributed by atoms with E-state index < -0.39 is 34.1 Å². The molecule has 1 aliphatic rings. The number of carbonyl (C=O) groups excluding carboxylic acids is 1. The number of anilines is 3. The van der Waals surface area contributed by atoms with Crippen LogP contribution in [0.15, 0.2) is 96.4 Å². The Kier molecular flexibility index (Phi) is 10.7. The lowest BCUT2D eigenvalue weighted by atomic mass is 10.0. The van der Waals surface area contributed by atoms with Crippen molar-refractivity contribution in [2.45, 2.75) is 32.1 Å². The van der Waals surface area contributed by atoms with Crippen molar-refractivity contribution in [1.82, 2.24) is 15.0 Å². The number of aromatic nitrogens is 2. The van der Waals surface area contributed by atoms with Crippen molar-refractivity contribution in [1.29, 1.82) is 0 Å². The Morgan fingerprint density at radius 3 is 2.60 bits per heavy atom. The summed E-state index contributed by atoms with van der Waals surface area (Å²) in [6.45, 7) is 0.744. The predicted octanol–water partition coefficient (Wildman–Crippen LogP) is 5.86. The number of nitrogens with one attached hydrogen (secondary N) is 2. The number of hydrogen-bond acceptors (Lipinski definition) is 7. The quantitative estimate of drug-likeness (QED) is 0.179. The van der Waals surface area contributed by atoms with Gasteiger partial charge in [-0.3, -0.25) is 14.9 Å². The second-order valence-corrected chi connectivity index (χ2v) is 11.6. The minimum Gasteiger partial charge on any atom is -0.324 e. The fourth-order valence-electron chi connectivity index (χ4n) is 4.80. The maximum atomic E-state index is 14.2. The van der Waals surface area contributed by atoms with Crippen LogP contribution in [-0.2, 0) is 23.8 Å². The zero-order valence-corrected chi connectivity index (χ0v) is 25.3. The molecule has 0 fully saturated rings. The molecule has 2 heterocycles. The van der Waals surface area contributed by atoms with Crippen LogP contribution >= 0.6 is 0 Å². The molecule has 3 aromatic carbocycles. The van der Waals surface area contributed by atoms with E-state index >= 15 is 0 Å². The number of halogens is 2. The van der Waals surface area contributed by atoms with E-state index in [1.807, 2.05) is 41.5 Å². The van der Waals surface area contributed by atoms with Crippen molar-refractivity contribution in [3.63, 3.8) is 0 Å². The number of amides is 1. The molecule has 9 nitrogen and oxygen atoms in total. The van der Waals surface area contributed by atoms with E-state index in [-0.39, 0.29) is 0 Å². The normalized spacial score (nSPS) is 14.1. The summed E-state index contributed by atoms with van der Waals surface area (Å²) in [4.78, 5) is 21.9. The van der Waals surface area contributed by atoms with E-state index in [1.165, 1.54) is 6.07 Å². The number of benzene rings is 3. The van der Waals surface area contributed by atoms with E-state index in [4.69, 9.17) is 15.2 Å². The molecule has 4 N–H and O–H groups in total. The molecule has 1 atom stereocenters. The van der Waals surface area contributed by atoms with Crippen molar-refractivity contribution in [2.24, 2.45) is 10.2 Å². The molecule has 45 heavy (non-hydrogen) atoms. The topological polar surface area (TPSA) is 126 Å². The average Bonchev–Trinajstić information content (AvgIpc) is 3.29. The Labute approximate surface area is 262 Å². The molecule has 0 saturated heterocycles. The van der Waals surface area contributed by atoms with Gasteiger partial charge in [-0.2, -0.15) is 5.10 Å². The van der Waals surface area contributed by atoms with Gasteiger partial charge in [-0.15, -0.1) is 0 Å². The molecule has 0 spiro atoms. The van der Waals surface area contributed by atoms with Gasteiger partial charge in [0.25, 0.3) is 5.91 Å². The number of aryl methyl sites for hydroxylation is 1. The summed E-state index contributed by atoms with van der Waals surface area (Å²) in [7, 11) is -1.37. The zero-order chi connectivity index (χ0) is 31.6. The molecule has 0 radical (unpaired) electrons. The van der Waals surface area contributed by atoms with Gasteiger partial charge in [-0.25, -0.2) is 23.0 Å². The molecule has 5 rings (SSSR count). The lowest BCUT2D eigenvalue weighted by molar-refractivity contribution is 0.101. The lowest BCUT2D eigenvalue weighted by Gasteiger charge is -2.17. The van der Waals surface area contributed by atoms with Crippen molar-refractivity contribution in [2.75, 3.05) is 22.9 Å². The van der Waals surface area contributed by atoms with Crippen molar-refractivity contribution >= 4 is 39.9 Å². The number of nitrogens with two attached hydrogens (primary N) is 1. The van der Waals surface area contributed by atoms with Crippen LogP contribution in [0, 0.1) is 11.6 Å². The summed E-state index contributed by atoms with van der Waals surface area (Å²) in [5.74, 6) is -2.00. The van der Waals surface area contributed by atoms with Crippen LogP contribution in [0.4, 0.5) is 26.1 Å². The minimum absolute atomic E-state index is 0.337. The van der Waals surface area contributed by atoms with Crippen molar-refractivity contribution < 1.29 is 17.8 Å². The molecule has 1 amide bonds. The summed E-state index contributed by atoms with van der Waals surface area (Å²) in [5, 5.41) is 18.1. The highest BCUT2D eigenvalue weighted by Crippen LogP contribution is 2.20. The van der Waals surface area contributed by atoms with Gasteiger partial charge in [0.1, 0.15) is 17.2 Å². The van der Waals surface area contributed by atoms with Crippen LogP contribution in [-0.4, -0.2) is 43.1 Å². The van der Waals surface area contributed by atoms with Crippen LogP contribution < -0.4 is 15.8 Å². The fourth-order valence-corrected chi connectivity index (χ4v) is 5.24. The van der Waals surface area contributed by atoms with Gasteiger partial charge in [0.05, 0.1) is 22.4 Å². The first-order chi connectivity index (χ1) is 21.8. The minimum atomic E-state index is -1.37. The van der Waals surface area contributed by atoms with Crippen molar-refractivity contribution in [3.8, 4) is 0 Å². The van der Waals surface area contributed by atoms with Gasteiger partial charge in [-0.05, 0) is 73.7 Å². The molecular formula is C33H33F2N7O2S. The summed E-state index contributed by atoms with van der Waals surface area (Å²) < 4.78 is 39.8. The standard InChI is InChI=1S/C33H33F2N7O2S/c34-28-12-7-13-29(35)31(28)32(43)38-26-11-6-9-24(21-26)30(41-42-17-3-1-2-4-18-42)22-27-14-16-37-33(40-27)39-25-10-5-8-23(20-25)15-19-45(36)44/h3,5-14,16-17,20-21H,1-2,4,15,18-19,22,36H2,(H,38,43)(H,37,39,40)/b41-30+. The molecule has 0 saturated carbocycles. The Hall–Kier alpha value is -4.81. The molecule has 4 aromatic rings. The third kappa shape index (κ3) is 9.10. The van der Waals surface area contributed by atoms with Crippen LogP contribution in [0.1, 0.15) is 46.4 Å². The molecular weight excluding hydrogens is 596 g/mol. The molecule has 232 valence electrons. The summed E-state index contributed by atoms with van der Waals surface area (Å²) >= 11 is 0. The molecule has 1 aromatic heterocycles. The van der Waals surface area contributed by atoms with Gasteiger partial charge < -0.3 is 10.6 Å². The first kappa shape index (κ1) is 31.6. The van der Waals surface area contributed by atoms with E-state index in [0.29, 0.717) is 47.2 Å². The summed E-state index contributed by atoms with van der Waals surface area (Å²) in [6.07, 6.45) is 9.65. The number of nitrogens with zero attached hydrogens (tertiary/aromatic N) is 4. The Morgan fingerprint density at radius 1 is 1.00 bits per heavy atom. The van der Waals surface area contributed by atoms with Gasteiger partial charge in [0, 0.05) is 48.1 Å².